The Morgan fingerprint density at radius 2 is 1.79 bits per heavy atom. The maximum atomic E-state index is 13.1. The number of fused-ring (bicyclic) bond motifs is 1. The Labute approximate surface area is 113 Å². The van der Waals surface area contributed by atoms with Gasteiger partial charge in [-0.2, -0.15) is 0 Å². The van der Waals surface area contributed by atoms with Gasteiger partial charge < -0.3 is 4.98 Å². The molecule has 0 aliphatic heterocycles. The number of aromatic nitrogens is 1. The summed E-state index contributed by atoms with van der Waals surface area (Å²) in [6.45, 7) is 0. The fourth-order valence-corrected chi connectivity index (χ4v) is 2.11. The Bertz CT molecular complexity index is 761. The smallest absolute Gasteiger partial charge is 0.209 e. The SMILES string of the molecule is O=C(c1ccc(Cl)cc1)c1cc2cc(F)ccc2[nH]1. The molecule has 0 fully saturated rings. The number of carbonyl (C=O) groups is 1. The molecule has 0 radical (unpaired) electrons. The molecular formula is C15H9ClFNO. The third-order valence-corrected chi connectivity index (χ3v) is 3.19. The Balaban J connectivity index is 2.04. The second kappa shape index (κ2) is 4.52. The van der Waals surface area contributed by atoms with Gasteiger partial charge in [-0.1, -0.05) is 11.6 Å². The lowest BCUT2D eigenvalue weighted by atomic mass is 10.1. The van der Waals surface area contributed by atoms with E-state index in [9.17, 15) is 9.18 Å². The Morgan fingerprint density at radius 1 is 1.05 bits per heavy atom. The van der Waals surface area contributed by atoms with E-state index in [4.69, 9.17) is 11.6 Å². The van der Waals surface area contributed by atoms with E-state index in [1.807, 2.05) is 0 Å². The van der Waals surface area contributed by atoms with Crippen LogP contribution in [0.1, 0.15) is 16.1 Å². The van der Waals surface area contributed by atoms with Crippen LogP contribution < -0.4 is 0 Å². The molecule has 19 heavy (non-hydrogen) atoms. The van der Waals surface area contributed by atoms with Gasteiger partial charge in [0.05, 0.1) is 5.69 Å². The summed E-state index contributed by atoms with van der Waals surface area (Å²) in [5.74, 6) is -0.467. The minimum absolute atomic E-state index is 0.145. The highest BCUT2D eigenvalue weighted by atomic mass is 35.5. The van der Waals surface area contributed by atoms with E-state index in [0.717, 1.165) is 5.52 Å². The summed E-state index contributed by atoms with van der Waals surface area (Å²) in [5, 5.41) is 1.26. The predicted octanol–water partition coefficient (Wildman–Crippen LogP) is 4.19. The van der Waals surface area contributed by atoms with Crippen molar-refractivity contribution in [2.75, 3.05) is 0 Å². The molecule has 0 saturated carbocycles. The first-order valence-corrected chi connectivity index (χ1v) is 6.10. The number of carbonyl (C=O) groups excluding carboxylic acids is 1. The Kier molecular flexibility index (Phi) is 2.84. The van der Waals surface area contributed by atoms with Crippen LogP contribution in [-0.2, 0) is 0 Å². The molecule has 0 unspecified atom stereocenters. The third kappa shape index (κ3) is 2.25. The fraction of sp³-hybridized carbons (Fsp3) is 0. The van der Waals surface area contributed by atoms with Gasteiger partial charge in [0, 0.05) is 21.5 Å². The lowest BCUT2D eigenvalue weighted by Gasteiger charge is -1.98. The zero-order valence-corrected chi connectivity index (χ0v) is 10.5. The molecular weight excluding hydrogens is 265 g/mol. The van der Waals surface area contributed by atoms with Crippen LogP contribution in [0.25, 0.3) is 10.9 Å². The highest BCUT2D eigenvalue weighted by Crippen LogP contribution is 2.19. The molecule has 3 aromatic rings. The van der Waals surface area contributed by atoms with Gasteiger partial charge in [-0.25, -0.2) is 4.39 Å². The van der Waals surface area contributed by atoms with Crippen molar-refractivity contribution in [2.45, 2.75) is 0 Å². The van der Waals surface area contributed by atoms with Crippen LogP contribution in [0, 0.1) is 5.82 Å². The van der Waals surface area contributed by atoms with Crippen LogP contribution in [0.2, 0.25) is 5.02 Å². The van der Waals surface area contributed by atoms with E-state index in [-0.39, 0.29) is 11.6 Å². The van der Waals surface area contributed by atoms with Gasteiger partial charge in [-0.15, -0.1) is 0 Å². The van der Waals surface area contributed by atoms with Gasteiger partial charge in [0.25, 0.3) is 0 Å². The maximum Gasteiger partial charge on any atom is 0.209 e. The molecule has 0 bridgehead atoms. The first-order valence-electron chi connectivity index (χ1n) is 5.72. The molecule has 0 aliphatic carbocycles. The number of hydrogen-bond acceptors (Lipinski definition) is 1. The summed E-state index contributed by atoms with van der Waals surface area (Å²) in [5.41, 5.74) is 1.71. The van der Waals surface area contributed by atoms with Crippen molar-refractivity contribution < 1.29 is 9.18 Å². The number of ketones is 1. The number of halogens is 2. The Morgan fingerprint density at radius 3 is 2.53 bits per heavy atom. The van der Waals surface area contributed by atoms with Crippen LogP contribution in [-0.4, -0.2) is 10.8 Å². The summed E-state index contributed by atoms with van der Waals surface area (Å²) < 4.78 is 13.1. The van der Waals surface area contributed by atoms with Crippen LogP contribution >= 0.6 is 11.6 Å². The summed E-state index contributed by atoms with van der Waals surface area (Å²) in [6.07, 6.45) is 0. The van der Waals surface area contributed by atoms with E-state index < -0.39 is 0 Å². The Hall–Kier alpha value is -2.13. The van der Waals surface area contributed by atoms with Crippen LogP contribution in [0.3, 0.4) is 0 Å². The average molecular weight is 274 g/mol. The quantitative estimate of drug-likeness (QED) is 0.698. The average Bonchev–Trinajstić information content (AvgIpc) is 2.81. The molecule has 0 aliphatic rings. The van der Waals surface area contributed by atoms with E-state index >= 15 is 0 Å². The number of rotatable bonds is 2. The molecule has 1 heterocycles. The lowest BCUT2D eigenvalue weighted by molar-refractivity contribution is 0.103. The van der Waals surface area contributed by atoms with Gasteiger partial charge in [-0.05, 0) is 48.5 Å². The van der Waals surface area contributed by atoms with Gasteiger partial charge in [0.15, 0.2) is 0 Å². The summed E-state index contributed by atoms with van der Waals surface area (Å²) in [7, 11) is 0. The lowest BCUT2D eigenvalue weighted by Crippen LogP contribution is -2.00. The highest BCUT2D eigenvalue weighted by molar-refractivity contribution is 6.30. The standard InChI is InChI=1S/C15H9ClFNO/c16-11-3-1-9(2-4-11)15(19)14-8-10-7-12(17)5-6-13(10)18-14/h1-8,18H. The molecule has 1 aromatic heterocycles. The van der Waals surface area contributed by atoms with Gasteiger partial charge in [0.1, 0.15) is 5.82 Å². The minimum Gasteiger partial charge on any atom is -0.352 e. The van der Waals surface area contributed by atoms with Crippen LogP contribution in [0.5, 0.6) is 0 Å². The molecule has 2 aromatic carbocycles. The zero-order chi connectivity index (χ0) is 13.4. The minimum atomic E-state index is -0.322. The molecule has 4 heteroatoms. The van der Waals surface area contributed by atoms with E-state index in [1.54, 1.807) is 36.4 Å². The van der Waals surface area contributed by atoms with Crippen molar-refractivity contribution in [2.24, 2.45) is 0 Å². The third-order valence-electron chi connectivity index (χ3n) is 2.93. The largest absolute Gasteiger partial charge is 0.352 e. The van der Waals surface area contributed by atoms with Crippen molar-refractivity contribution in [3.8, 4) is 0 Å². The molecule has 0 spiro atoms. The molecule has 3 rings (SSSR count). The maximum absolute atomic E-state index is 13.1. The highest BCUT2D eigenvalue weighted by Gasteiger charge is 2.12. The normalized spacial score (nSPS) is 10.8. The molecule has 1 N–H and O–H groups in total. The van der Waals surface area contributed by atoms with Crippen molar-refractivity contribution in [1.29, 1.82) is 0 Å². The van der Waals surface area contributed by atoms with Crippen LogP contribution in [0.4, 0.5) is 4.39 Å². The molecule has 0 amide bonds. The number of H-pyrrole nitrogens is 1. The number of aromatic amines is 1. The topological polar surface area (TPSA) is 32.9 Å². The van der Waals surface area contributed by atoms with Gasteiger partial charge >= 0.3 is 0 Å². The zero-order valence-electron chi connectivity index (χ0n) is 9.78. The van der Waals surface area contributed by atoms with Crippen molar-refractivity contribution in [1.82, 2.24) is 4.98 Å². The van der Waals surface area contributed by atoms with Gasteiger partial charge in [-0.3, -0.25) is 4.79 Å². The first-order chi connectivity index (χ1) is 9.13. The number of nitrogens with one attached hydrogen (secondary N) is 1. The van der Waals surface area contributed by atoms with Crippen molar-refractivity contribution in [3.63, 3.8) is 0 Å². The second-order valence-corrected chi connectivity index (χ2v) is 4.69. The molecule has 2 nitrogen and oxygen atoms in total. The summed E-state index contributed by atoms with van der Waals surface area (Å²) in [6, 6.07) is 12.7. The summed E-state index contributed by atoms with van der Waals surface area (Å²) in [4.78, 5) is 15.2. The number of benzene rings is 2. The number of hydrogen-bond donors (Lipinski definition) is 1. The van der Waals surface area contributed by atoms with Gasteiger partial charge in [0.2, 0.25) is 5.78 Å². The monoisotopic (exact) mass is 273 g/mol. The van der Waals surface area contributed by atoms with Crippen LogP contribution in [0.15, 0.2) is 48.5 Å². The van der Waals surface area contributed by atoms with Crippen molar-refractivity contribution >= 4 is 28.3 Å². The second-order valence-electron chi connectivity index (χ2n) is 4.25. The molecule has 0 atom stereocenters. The first kappa shape index (κ1) is 11.9. The van der Waals surface area contributed by atoms with Crippen molar-refractivity contribution in [3.05, 3.63) is 70.6 Å². The summed E-state index contributed by atoms with van der Waals surface area (Å²) >= 11 is 5.78. The predicted molar refractivity (Wildman–Crippen MR) is 73.1 cm³/mol. The molecule has 94 valence electrons. The fourth-order valence-electron chi connectivity index (χ4n) is 1.98. The van der Waals surface area contributed by atoms with E-state index in [1.165, 1.54) is 12.1 Å². The molecule has 0 saturated heterocycles. The van der Waals surface area contributed by atoms with E-state index in [2.05, 4.69) is 4.98 Å². The van der Waals surface area contributed by atoms with E-state index in [0.29, 0.717) is 21.7 Å².